The van der Waals surface area contributed by atoms with Crippen LogP contribution in [0.15, 0.2) is 77.7 Å². The summed E-state index contributed by atoms with van der Waals surface area (Å²) in [4.78, 5) is 26.6. The lowest BCUT2D eigenvalue weighted by molar-refractivity contribution is 0.103. The van der Waals surface area contributed by atoms with E-state index in [2.05, 4.69) is 6.92 Å². The lowest BCUT2D eigenvalue weighted by atomic mass is 10.00. The highest BCUT2D eigenvalue weighted by molar-refractivity contribution is 6.10. The molecule has 0 amide bonds. The van der Waals surface area contributed by atoms with Gasteiger partial charge in [0.25, 0.3) is 0 Å². The molecule has 5 rings (SSSR count). The zero-order valence-corrected chi connectivity index (χ0v) is 17.1. The van der Waals surface area contributed by atoms with E-state index in [4.69, 9.17) is 9.47 Å². The minimum atomic E-state index is -0.304. The fraction of sp³-hybridized carbons (Fsp3) is 0.154. The molecule has 5 nitrogen and oxygen atoms in total. The number of hydrogen-bond acceptors (Lipinski definition) is 4. The van der Waals surface area contributed by atoms with Crippen LogP contribution in [0.5, 0.6) is 11.5 Å². The molecule has 1 aliphatic heterocycles. The average Bonchev–Trinajstić information content (AvgIpc) is 3.28. The number of nitrogens with zero attached hydrogens (tertiary/aromatic N) is 1. The monoisotopic (exact) mass is 411 g/mol. The van der Waals surface area contributed by atoms with Crippen LogP contribution in [-0.4, -0.2) is 17.1 Å². The van der Waals surface area contributed by atoms with Crippen molar-refractivity contribution in [1.82, 2.24) is 4.57 Å². The highest BCUT2D eigenvalue weighted by Gasteiger charge is 2.21. The van der Waals surface area contributed by atoms with Crippen LogP contribution >= 0.6 is 0 Å². The molecule has 0 saturated heterocycles. The standard InChI is InChI=1S/C26H21NO4/c1-2-17-8-10-19(11-9-17)25(28)21-15-27(14-18-6-4-3-5-7-18)22-13-24-23(30-16-31-24)12-20(22)26(21)29/h3-13,15H,2,14,16H2,1H3. The lowest BCUT2D eigenvalue weighted by Crippen LogP contribution is -2.20. The molecule has 0 radical (unpaired) electrons. The number of carbonyl (C=O) groups excluding carboxylic acids is 1. The Bertz CT molecular complexity index is 1340. The average molecular weight is 411 g/mol. The number of ether oxygens (including phenoxy) is 2. The van der Waals surface area contributed by atoms with E-state index in [1.165, 1.54) is 0 Å². The first-order valence-electron chi connectivity index (χ1n) is 10.3. The van der Waals surface area contributed by atoms with Crippen molar-refractivity contribution in [3.05, 3.63) is 105 Å². The minimum absolute atomic E-state index is 0.119. The van der Waals surface area contributed by atoms with Gasteiger partial charge < -0.3 is 14.0 Å². The fourth-order valence-electron chi connectivity index (χ4n) is 3.90. The third-order valence-electron chi connectivity index (χ3n) is 5.64. The van der Waals surface area contributed by atoms with E-state index in [1.54, 1.807) is 24.4 Å². The first-order chi connectivity index (χ1) is 15.1. The molecule has 2 heterocycles. The highest BCUT2D eigenvalue weighted by Crippen LogP contribution is 2.35. The van der Waals surface area contributed by atoms with Crippen LogP contribution < -0.4 is 14.9 Å². The normalized spacial score (nSPS) is 12.3. The van der Waals surface area contributed by atoms with Gasteiger partial charge in [0.05, 0.1) is 16.5 Å². The Labute approximate surface area is 179 Å². The van der Waals surface area contributed by atoms with Gasteiger partial charge in [-0.2, -0.15) is 0 Å². The molecule has 0 spiro atoms. The summed E-state index contributed by atoms with van der Waals surface area (Å²) in [5, 5.41) is 0.441. The number of aryl methyl sites for hydroxylation is 1. The molecule has 31 heavy (non-hydrogen) atoms. The van der Waals surface area contributed by atoms with Gasteiger partial charge in [0.2, 0.25) is 12.2 Å². The van der Waals surface area contributed by atoms with Gasteiger partial charge >= 0.3 is 0 Å². The van der Waals surface area contributed by atoms with Crippen molar-refractivity contribution in [2.75, 3.05) is 6.79 Å². The van der Waals surface area contributed by atoms with Gasteiger partial charge in [0.1, 0.15) is 0 Å². The van der Waals surface area contributed by atoms with E-state index in [1.807, 2.05) is 53.1 Å². The highest BCUT2D eigenvalue weighted by atomic mass is 16.7. The van der Waals surface area contributed by atoms with Crippen LogP contribution in [0.3, 0.4) is 0 Å². The van der Waals surface area contributed by atoms with Gasteiger partial charge in [0, 0.05) is 24.4 Å². The summed E-state index contributed by atoms with van der Waals surface area (Å²) >= 11 is 0. The molecule has 0 bridgehead atoms. The van der Waals surface area contributed by atoms with Gasteiger partial charge in [0.15, 0.2) is 17.3 Å². The predicted octanol–water partition coefficient (Wildman–Crippen LogP) is 4.57. The maximum atomic E-state index is 13.3. The Kier molecular flexibility index (Phi) is 4.79. The Morgan fingerprint density at radius 1 is 0.935 bits per heavy atom. The summed E-state index contributed by atoms with van der Waals surface area (Å²) in [5.74, 6) is 0.838. The quantitative estimate of drug-likeness (QED) is 0.452. The third kappa shape index (κ3) is 3.48. The van der Waals surface area contributed by atoms with Crippen LogP contribution in [0.25, 0.3) is 10.9 Å². The first-order valence-corrected chi connectivity index (χ1v) is 10.3. The summed E-state index contributed by atoms with van der Waals surface area (Å²) in [6.07, 6.45) is 2.55. The molecule has 1 aliphatic rings. The van der Waals surface area contributed by atoms with Crippen LogP contribution in [0.4, 0.5) is 0 Å². The molecule has 5 heteroatoms. The zero-order chi connectivity index (χ0) is 21.4. The Morgan fingerprint density at radius 2 is 1.65 bits per heavy atom. The van der Waals surface area contributed by atoms with Crippen LogP contribution in [-0.2, 0) is 13.0 Å². The lowest BCUT2D eigenvalue weighted by Gasteiger charge is -2.14. The molecule has 0 N–H and O–H groups in total. The van der Waals surface area contributed by atoms with Gasteiger partial charge in [-0.25, -0.2) is 0 Å². The molecule has 4 aromatic rings. The maximum Gasteiger partial charge on any atom is 0.231 e. The topological polar surface area (TPSA) is 57.5 Å². The second-order valence-electron chi connectivity index (χ2n) is 7.59. The van der Waals surface area contributed by atoms with Crippen LogP contribution in [0.1, 0.15) is 34.0 Å². The zero-order valence-electron chi connectivity index (χ0n) is 17.1. The fourth-order valence-corrected chi connectivity index (χ4v) is 3.90. The molecule has 3 aromatic carbocycles. The molecule has 1 aromatic heterocycles. The summed E-state index contributed by atoms with van der Waals surface area (Å²) in [5.41, 5.74) is 3.26. The van der Waals surface area contributed by atoms with E-state index >= 15 is 0 Å². The summed E-state index contributed by atoms with van der Waals surface area (Å²) in [6, 6.07) is 20.8. The number of rotatable bonds is 5. The first kappa shape index (κ1) is 19.1. The number of benzene rings is 3. The van der Waals surface area contributed by atoms with Gasteiger partial charge in [-0.1, -0.05) is 61.5 Å². The number of aromatic nitrogens is 1. The van der Waals surface area contributed by atoms with E-state index in [-0.39, 0.29) is 23.6 Å². The molecule has 0 unspecified atom stereocenters. The minimum Gasteiger partial charge on any atom is -0.454 e. The van der Waals surface area contributed by atoms with E-state index in [0.29, 0.717) is 34.5 Å². The van der Waals surface area contributed by atoms with Crippen molar-refractivity contribution in [2.45, 2.75) is 19.9 Å². The number of ketones is 1. The Hall–Kier alpha value is -3.86. The van der Waals surface area contributed by atoms with Crippen molar-refractivity contribution in [3.8, 4) is 11.5 Å². The molecule has 0 atom stereocenters. The van der Waals surface area contributed by atoms with Gasteiger partial charge in [-0.15, -0.1) is 0 Å². The van der Waals surface area contributed by atoms with Crippen molar-refractivity contribution in [3.63, 3.8) is 0 Å². The molecule has 0 aliphatic carbocycles. The van der Waals surface area contributed by atoms with E-state index in [0.717, 1.165) is 17.5 Å². The number of pyridine rings is 1. The van der Waals surface area contributed by atoms with Crippen molar-refractivity contribution >= 4 is 16.7 Å². The van der Waals surface area contributed by atoms with Crippen LogP contribution in [0.2, 0.25) is 0 Å². The van der Waals surface area contributed by atoms with Crippen molar-refractivity contribution in [1.29, 1.82) is 0 Å². The van der Waals surface area contributed by atoms with Crippen molar-refractivity contribution < 1.29 is 14.3 Å². The maximum absolute atomic E-state index is 13.3. The number of hydrogen-bond donors (Lipinski definition) is 0. The van der Waals surface area contributed by atoms with Gasteiger partial charge in [-0.3, -0.25) is 9.59 Å². The van der Waals surface area contributed by atoms with Gasteiger partial charge in [-0.05, 0) is 23.6 Å². The third-order valence-corrected chi connectivity index (χ3v) is 5.64. The van der Waals surface area contributed by atoms with E-state index < -0.39 is 0 Å². The van der Waals surface area contributed by atoms with Crippen molar-refractivity contribution in [2.24, 2.45) is 0 Å². The molecule has 154 valence electrons. The van der Waals surface area contributed by atoms with Crippen LogP contribution in [0, 0.1) is 0 Å². The largest absolute Gasteiger partial charge is 0.454 e. The molecular formula is C26H21NO4. The molecule has 0 saturated carbocycles. The summed E-state index contributed by atoms with van der Waals surface area (Å²) in [7, 11) is 0. The molecular weight excluding hydrogens is 390 g/mol. The molecule has 0 fully saturated rings. The second-order valence-corrected chi connectivity index (χ2v) is 7.59. The predicted molar refractivity (Wildman–Crippen MR) is 119 cm³/mol. The SMILES string of the molecule is CCc1ccc(C(=O)c2cn(Cc3ccccc3)c3cc4c(cc3c2=O)OCO4)cc1. The number of fused-ring (bicyclic) bond motifs is 2. The number of carbonyl (C=O) groups is 1. The van der Waals surface area contributed by atoms with E-state index in [9.17, 15) is 9.59 Å². The Morgan fingerprint density at radius 3 is 2.35 bits per heavy atom. The Balaban J connectivity index is 1.69. The summed E-state index contributed by atoms with van der Waals surface area (Å²) in [6.45, 7) is 2.70. The second kappa shape index (κ2) is 7.76. The smallest absolute Gasteiger partial charge is 0.231 e. The summed E-state index contributed by atoms with van der Waals surface area (Å²) < 4.78 is 12.9.